The third-order valence-corrected chi connectivity index (χ3v) is 3.02. The fourth-order valence-electron chi connectivity index (χ4n) is 2.01. The third kappa shape index (κ3) is 3.31. The van der Waals surface area contributed by atoms with Gasteiger partial charge in [-0.3, -0.25) is 0 Å². The number of hydrogen-bond acceptors (Lipinski definition) is 2. The molecule has 0 spiro atoms. The molecule has 0 bridgehead atoms. The van der Waals surface area contributed by atoms with Crippen LogP contribution >= 0.6 is 0 Å². The van der Waals surface area contributed by atoms with Crippen LogP contribution in [0.4, 0.5) is 13.2 Å². The van der Waals surface area contributed by atoms with Gasteiger partial charge in [-0.15, -0.1) is 13.2 Å². The van der Waals surface area contributed by atoms with Crippen molar-refractivity contribution < 1.29 is 22.6 Å². The molecule has 1 aromatic carbocycles. The Morgan fingerprint density at radius 3 is 2.44 bits per heavy atom. The summed E-state index contributed by atoms with van der Waals surface area (Å²) in [6.07, 6.45) is -2.66. The summed E-state index contributed by atoms with van der Waals surface area (Å²) in [5.74, 6) is 0.857. The van der Waals surface area contributed by atoms with E-state index in [0.29, 0.717) is 17.2 Å². The number of ether oxygens (including phenoxy) is 2. The molecule has 1 saturated carbocycles. The SMILES string of the molecule is Cc1ccc(OC2CC(C)C2)cc1OC(F)(F)F. The lowest BCUT2D eigenvalue weighted by Gasteiger charge is -2.33. The number of aryl methyl sites for hydroxylation is 1. The van der Waals surface area contributed by atoms with Gasteiger partial charge in [-0.25, -0.2) is 0 Å². The Morgan fingerprint density at radius 2 is 1.89 bits per heavy atom. The Kier molecular flexibility index (Phi) is 3.41. The Bertz CT molecular complexity index is 423. The van der Waals surface area contributed by atoms with Gasteiger partial charge in [-0.05, 0) is 37.3 Å². The van der Waals surface area contributed by atoms with Crippen molar-refractivity contribution in [2.45, 2.75) is 39.2 Å². The van der Waals surface area contributed by atoms with Gasteiger partial charge in [0.1, 0.15) is 11.5 Å². The second kappa shape index (κ2) is 4.71. The second-order valence-corrected chi connectivity index (χ2v) is 4.79. The molecule has 1 aromatic rings. The highest BCUT2D eigenvalue weighted by molar-refractivity contribution is 5.40. The van der Waals surface area contributed by atoms with Crippen LogP contribution in [0.25, 0.3) is 0 Å². The molecule has 0 atom stereocenters. The first-order chi connectivity index (χ1) is 8.33. The van der Waals surface area contributed by atoms with Crippen molar-refractivity contribution in [3.8, 4) is 11.5 Å². The first kappa shape index (κ1) is 13.1. The van der Waals surface area contributed by atoms with Crippen molar-refractivity contribution >= 4 is 0 Å². The van der Waals surface area contributed by atoms with E-state index in [1.807, 2.05) is 0 Å². The number of benzene rings is 1. The smallest absolute Gasteiger partial charge is 0.490 e. The largest absolute Gasteiger partial charge is 0.573 e. The van der Waals surface area contributed by atoms with Gasteiger partial charge in [0.25, 0.3) is 0 Å². The van der Waals surface area contributed by atoms with E-state index in [-0.39, 0.29) is 11.9 Å². The van der Waals surface area contributed by atoms with E-state index < -0.39 is 6.36 Å². The van der Waals surface area contributed by atoms with Crippen LogP contribution in [-0.4, -0.2) is 12.5 Å². The van der Waals surface area contributed by atoms with Crippen molar-refractivity contribution in [2.24, 2.45) is 5.92 Å². The van der Waals surface area contributed by atoms with Gasteiger partial charge in [-0.1, -0.05) is 13.0 Å². The molecule has 2 nitrogen and oxygen atoms in total. The standard InChI is InChI=1S/C13H15F3O2/c1-8-5-11(6-8)17-10-4-3-9(2)12(7-10)18-13(14,15)16/h3-4,7-8,11H,5-6H2,1-2H3. The molecule has 5 heteroatoms. The number of hydrogen-bond donors (Lipinski definition) is 0. The van der Waals surface area contributed by atoms with E-state index in [1.54, 1.807) is 19.1 Å². The van der Waals surface area contributed by atoms with Crippen LogP contribution in [0.3, 0.4) is 0 Å². The normalized spacial score (nSPS) is 23.4. The van der Waals surface area contributed by atoms with E-state index in [2.05, 4.69) is 11.7 Å². The van der Waals surface area contributed by atoms with E-state index in [1.165, 1.54) is 6.07 Å². The molecule has 18 heavy (non-hydrogen) atoms. The van der Waals surface area contributed by atoms with Crippen LogP contribution in [-0.2, 0) is 0 Å². The summed E-state index contributed by atoms with van der Waals surface area (Å²) in [6, 6.07) is 4.53. The maximum atomic E-state index is 12.2. The lowest BCUT2D eigenvalue weighted by atomic mass is 9.84. The number of halogens is 3. The third-order valence-electron chi connectivity index (χ3n) is 3.02. The van der Waals surface area contributed by atoms with Crippen LogP contribution in [0, 0.1) is 12.8 Å². The molecule has 0 saturated heterocycles. The monoisotopic (exact) mass is 260 g/mol. The van der Waals surface area contributed by atoms with Crippen molar-refractivity contribution in [1.82, 2.24) is 0 Å². The van der Waals surface area contributed by atoms with Crippen LogP contribution in [0.1, 0.15) is 25.3 Å². The van der Waals surface area contributed by atoms with Crippen molar-refractivity contribution in [3.05, 3.63) is 23.8 Å². The van der Waals surface area contributed by atoms with Gasteiger partial charge in [0.2, 0.25) is 0 Å². The fraction of sp³-hybridized carbons (Fsp3) is 0.538. The minimum atomic E-state index is -4.67. The zero-order valence-electron chi connectivity index (χ0n) is 10.3. The average molecular weight is 260 g/mol. The molecule has 1 fully saturated rings. The predicted octanol–water partition coefficient (Wildman–Crippen LogP) is 4.07. The first-order valence-electron chi connectivity index (χ1n) is 5.86. The molecule has 0 heterocycles. The molecule has 0 radical (unpaired) electrons. The van der Waals surface area contributed by atoms with Crippen molar-refractivity contribution in [3.63, 3.8) is 0 Å². The molecule has 0 aromatic heterocycles. The maximum absolute atomic E-state index is 12.2. The number of rotatable bonds is 3. The van der Waals surface area contributed by atoms with Crippen LogP contribution in [0.2, 0.25) is 0 Å². The molecule has 0 N–H and O–H groups in total. The predicted molar refractivity (Wildman–Crippen MR) is 60.7 cm³/mol. The molecular formula is C13H15F3O2. The van der Waals surface area contributed by atoms with Crippen molar-refractivity contribution in [2.75, 3.05) is 0 Å². The summed E-state index contributed by atoms with van der Waals surface area (Å²) in [5.41, 5.74) is 0.432. The Labute approximate surface area is 104 Å². The quantitative estimate of drug-likeness (QED) is 0.815. The van der Waals surface area contributed by atoms with Crippen molar-refractivity contribution in [1.29, 1.82) is 0 Å². The summed E-state index contributed by atoms with van der Waals surface area (Å²) < 4.78 is 46.1. The summed E-state index contributed by atoms with van der Waals surface area (Å²) in [5, 5.41) is 0. The first-order valence-corrected chi connectivity index (χ1v) is 5.86. The lowest BCUT2D eigenvalue weighted by Crippen LogP contribution is -2.31. The van der Waals surface area contributed by atoms with E-state index >= 15 is 0 Å². The van der Waals surface area contributed by atoms with Gasteiger partial charge < -0.3 is 9.47 Å². The zero-order chi connectivity index (χ0) is 13.3. The van der Waals surface area contributed by atoms with Gasteiger partial charge in [0.15, 0.2) is 0 Å². The fourth-order valence-corrected chi connectivity index (χ4v) is 2.01. The minimum Gasteiger partial charge on any atom is -0.490 e. The highest BCUT2D eigenvalue weighted by Gasteiger charge is 2.32. The van der Waals surface area contributed by atoms with Gasteiger partial charge in [0.05, 0.1) is 6.10 Å². The summed E-state index contributed by atoms with van der Waals surface area (Å²) in [7, 11) is 0. The van der Waals surface area contributed by atoms with E-state index in [0.717, 1.165) is 12.8 Å². The Hall–Kier alpha value is -1.39. The molecule has 100 valence electrons. The molecular weight excluding hydrogens is 245 g/mol. The zero-order valence-corrected chi connectivity index (χ0v) is 10.3. The molecule has 0 unspecified atom stereocenters. The highest BCUT2D eigenvalue weighted by atomic mass is 19.4. The Balaban J connectivity index is 2.06. The number of alkyl halides is 3. The van der Waals surface area contributed by atoms with Crippen LogP contribution in [0.5, 0.6) is 11.5 Å². The molecule has 0 aliphatic heterocycles. The summed E-state index contributed by atoms with van der Waals surface area (Å²) >= 11 is 0. The van der Waals surface area contributed by atoms with Gasteiger partial charge in [-0.2, -0.15) is 0 Å². The molecule has 0 amide bonds. The Morgan fingerprint density at radius 1 is 1.22 bits per heavy atom. The summed E-state index contributed by atoms with van der Waals surface area (Å²) in [6.45, 7) is 3.68. The maximum Gasteiger partial charge on any atom is 0.573 e. The van der Waals surface area contributed by atoms with E-state index in [4.69, 9.17) is 4.74 Å². The van der Waals surface area contributed by atoms with Crippen LogP contribution < -0.4 is 9.47 Å². The molecule has 2 rings (SSSR count). The molecule has 1 aliphatic carbocycles. The summed E-state index contributed by atoms with van der Waals surface area (Å²) in [4.78, 5) is 0. The highest BCUT2D eigenvalue weighted by Crippen LogP contribution is 2.34. The average Bonchev–Trinajstić information content (AvgIpc) is 2.18. The lowest BCUT2D eigenvalue weighted by molar-refractivity contribution is -0.274. The second-order valence-electron chi connectivity index (χ2n) is 4.79. The van der Waals surface area contributed by atoms with Gasteiger partial charge in [0, 0.05) is 6.07 Å². The molecule has 1 aliphatic rings. The van der Waals surface area contributed by atoms with E-state index in [9.17, 15) is 13.2 Å². The van der Waals surface area contributed by atoms with Gasteiger partial charge >= 0.3 is 6.36 Å². The van der Waals surface area contributed by atoms with Crippen LogP contribution in [0.15, 0.2) is 18.2 Å². The topological polar surface area (TPSA) is 18.5 Å². The minimum absolute atomic E-state index is 0.112.